The van der Waals surface area contributed by atoms with Gasteiger partial charge >= 0.3 is 0 Å². The van der Waals surface area contributed by atoms with E-state index >= 15 is 0 Å². The quantitative estimate of drug-likeness (QED) is 0.643. The van der Waals surface area contributed by atoms with Gasteiger partial charge in [-0.1, -0.05) is 36.4 Å². The van der Waals surface area contributed by atoms with E-state index in [2.05, 4.69) is 15.3 Å². The minimum absolute atomic E-state index is 0.0327. The largest absolute Gasteiger partial charge is 0.504 e. The SMILES string of the molecule is CN(CCCNC(=O)c1nn(-c2ccccc2)cc1O)c1ccccc1. The molecule has 3 aromatic rings. The summed E-state index contributed by atoms with van der Waals surface area (Å²) in [5.41, 5.74) is 1.95. The highest BCUT2D eigenvalue weighted by molar-refractivity contribution is 5.94. The van der Waals surface area contributed by atoms with Crippen molar-refractivity contribution in [1.29, 1.82) is 0 Å². The summed E-state index contributed by atoms with van der Waals surface area (Å²) in [6.45, 7) is 1.32. The van der Waals surface area contributed by atoms with Crippen LogP contribution in [0.3, 0.4) is 0 Å². The van der Waals surface area contributed by atoms with Crippen LogP contribution >= 0.6 is 0 Å². The molecule has 0 unspecified atom stereocenters. The fourth-order valence-corrected chi connectivity index (χ4v) is 2.65. The molecular weight excluding hydrogens is 328 g/mol. The number of nitrogens with one attached hydrogen (secondary N) is 1. The van der Waals surface area contributed by atoms with Crippen LogP contribution < -0.4 is 10.2 Å². The van der Waals surface area contributed by atoms with Crippen molar-refractivity contribution in [2.24, 2.45) is 0 Å². The standard InChI is InChI=1S/C20H22N4O2/c1-23(16-9-4-2-5-10-16)14-8-13-21-20(26)19-18(25)15-24(22-19)17-11-6-3-7-12-17/h2-7,9-12,15,25H,8,13-14H2,1H3,(H,21,26). The molecule has 2 aromatic carbocycles. The Hall–Kier alpha value is -3.28. The van der Waals surface area contributed by atoms with Crippen molar-refractivity contribution in [2.75, 3.05) is 25.0 Å². The van der Waals surface area contributed by atoms with Crippen LogP contribution in [0.2, 0.25) is 0 Å². The van der Waals surface area contributed by atoms with Crippen molar-refractivity contribution in [1.82, 2.24) is 15.1 Å². The molecule has 3 rings (SSSR count). The second-order valence-electron chi connectivity index (χ2n) is 6.01. The van der Waals surface area contributed by atoms with E-state index in [0.717, 1.165) is 24.3 Å². The second-order valence-corrected chi connectivity index (χ2v) is 6.01. The lowest BCUT2D eigenvalue weighted by molar-refractivity contribution is 0.0945. The molecule has 6 heteroatoms. The van der Waals surface area contributed by atoms with Gasteiger partial charge in [0.1, 0.15) is 0 Å². The first-order valence-electron chi connectivity index (χ1n) is 8.53. The number of nitrogens with zero attached hydrogens (tertiary/aromatic N) is 3. The van der Waals surface area contributed by atoms with E-state index in [0.29, 0.717) is 6.54 Å². The van der Waals surface area contributed by atoms with Gasteiger partial charge in [-0.3, -0.25) is 4.79 Å². The maximum absolute atomic E-state index is 12.3. The lowest BCUT2D eigenvalue weighted by atomic mass is 10.3. The Balaban J connectivity index is 1.52. The van der Waals surface area contributed by atoms with Gasteiger partial charge in [-0.15, -0.1) is 0 Å². The number of anilines is 1. The van der Waals surface area contributed by atoms with Crippen LogP contribution in [0.25, 0.3) is 5.69 Å². The topological polar surface area (TPSA) is 70.4 Å². The minimum atomic E-state index is -0.375. The molecule has 6 nitrogen and oxygen atoms in total. The number of hydrogen-bond donors (Lipinski definition) is 2. The van der Waals surface area contributed by atoms with Crippen LogP contribution in [0.5, 0.6) is 5.75 Å². The molecule has 134 valence electrons. The van der Waals surface area contributed by atoms with Gasteiger partial charge in [0.2, 0.25) is 0 Å². The van der Waals surface area contributed by atoms with Gasteiger partial charge in [-0.05, 0) is 30.7 Å². The van der Waals surface area contributed by atoms with E-state index in [1.54, 1.807) is 0 Å². The Morgan fingerprint density at radius 3 is 2.46 bits per heavy atom. The third-order valence-electron chi connectivity index (χ3n) is 4.08. The van der Waals surface area contributed by atoms with Crippen LogP contribution in [-0.4, -0.2) is 40.9 Å². The summed E-state index contributed by atoms with van der Waals surface area (Å²) >= 11 is 0. The van der Waals surface area contributed by atoms with Crippen molar-refractivity contribution in [2.45, 2.75) is 6.42 Å². The van der Waals surface area contributed by atoms with Crippen molar-refractivity contribution in [3.05, 3.63) is 72.6 Å². The maximum atomic E-state index is 12.3. The maximum Gasteiger partial charge on any atom is 0.275 e. The van der Waals surface area contributed by atoms with E-state index in [1.165, 1.54) is 10.9 Å². The van der Waals surface area contributed by atoms with Crippen LogP contribution in [0, 0.1) is 0 Å². The Bertz CT molecular complexity index is 847. The highest BCUT2D eigenvalue weighted by Gasteiger charge is 2.16. The number of aromatic hydroxyl groups is 1. The molecule has 1 aromatic heterocycles. The van der Waals surface area contributed by atoms with Crippen molar-refractivity contribution in [3.8, 4) is 11.4 Å². The van der Waals surface area contributed by atoms with E-state index < -0.39 is 0 Å². The zero-order valence-electron chi connectivity index (χ0n) is 14.7. The molecule has 0 saturated carbocycles. The van der Waals surface area contributed by atoms with E-state index in [4.69, 9.17) is 0 Å². The molecule has 0 aliphatic heterocycles. The summed E-state index contributed by atoms with van der Waals surface area (Å²) in [6, 6.07) is 19.4. The molecule has 0 fully saturated rings. The summed E-state index contributed by atoms with van der Waals surface area (Å²) in [5.74, 6) is -0.507. The highest BCUT2D eigenvalue weighted by Crippen LogP contribution is 2.18. The Morgan fingerprint density at radius 2 is 1.77 bits per heavy atom. The number of hydrogen-bond acceptors (Lipinski definition) is 4. The molecule has 0 saturated heterocycles. The molecule has 0 aliphatic rings. The van der Waals surface area contributed by atoms with E-state index in [9.17, 15) is 9.90 Å². The lowest BCUT2D eigenvalue weighted by Gasteiger charge is -2.19. The van der Waals surface area contributed by atoms with E-state index in [1.807, 2.05) is 67.7 Å². The van der Waals surface area contributed by atoms with Gasteiger partial charge in [-0.25, -0.2) is 4.68 Å². The monoisotopic (exact) mass is 350 g/mol. The third-order valence-corrected chi connectivity index (χ3v) is 4.08. The molecule has 0 radical (unpaired) electrons. The fraction of sp³-hybridized carbons (Fsp3) is 0.200. The highest BCUT2D eigenvalue weighted by atomic mass is 16.3. The van der Waals surface area contributed by atoms with Crippen LogP contribution in [0.4, 0.5) is 5.69 Å². The zero-order chi connectivity index (χ0) is 18.4. The Kier molecular flexibility index (Phi) is 5.53. The van der Waals surface area contributed by atoms with Gasteiger partial charge < -0.3 is 15.3 Å². The molecule has 26 heavy (non-hydrogen) atoms. The normalized spacial score (nSPS) is 10.5. The summed E-state index contributed by atoms with van der Waals surface area (Å²) in [4.78, 5) is 14.4. The van der Waals surface area contributed by atoms with Crippen molar-refractivity contribution < 1.29 is 9.90 Å². The predicted molar refractivity (Wildman–Crippen MR) is 102 cm³/mol. The molecule has 1 amide bonds. The minimum Gasteiger partial charge on any atom is -0.504 e. The number of benzene rings is 2. The lowest BCUT2D eigenvalue weighted by Crippen LogP contribution is -2.28. The van der Waals surface area contributed by atoms with Crippen molar-refractivity contribution >= 4 is 11.6 Å². The van der Waals surface area contributed by atoms with Gasteiger partial charge in [0.05, 0.1) is 11.9 Å². The molecule has 1 heterocycles. The Morgan fingerprint density at radius 1 is 1.12 bits per heavy atom. The van der Waals surface area contributed by atoms with Gasteiger partial charge in [0.25, 0.3) is 5.91 Å². The molecule has 0 aliphatic carbocycles. The van der Waals surface area contributed by atoms with Gasteiger partial charge in [-0.2, -0.15) is 5.10 Å². The van der Waals surface area contributed by atoms with Crippen LogP contribution in [0.1, 0.15) is 16.9 Å². The summed E-state index contributed by atoms with van der Waals surface area (Å²) in [5, 5.41) is 17.0. The number of aromatic nitrogens is 2. The van der Waals surface area contributed by atoms with Gasteiger partial charge in [0.15, 0.2) is 11.4 Å². The van der Waals surface area contributed by atoms with Crippen molar-refractivity contribution in [3.63, 3.8) is 0 Å². The van der Waals surface area contributed by atoms with Crippen LogP contribution in [0.15, 0.2) is 66.9 Å². The average Bonchev–Trinajstić information content (AvgIpc) is 3.08. The Labute approximate surface area is 152 Å². The molecule has 0 spiro atoms. The molecular formula is C20H22N4O2. The smallest absolute Gasteiger partial charge is 0.275 e. The number of carbonyl (C=O) groups excluding carboxylic acids is 1. The summed E-state index contributed by atoms with van der Waals surface area (Å²) in [7, 11) is 2.02. The predicted octanol–water partition coefficient (Wildman–Crippen LogP) is 2.83. The molecule has 0 atom stereocenters. The molecule has 2 N–H and O–H groups in total. The first-order chi connectivity index (χ1) is 12.6. The number of carbonyl (C=O) groups is 1. The fourth-order valence-electron chi connectivity index (χ4n) is 2.65. The summed E-state index contributed by atoms with van der Waals surface area (Å²) in [6.07, 6.45) is 2.23. The number of rotatable bonds is 7. The number of para-hydroxylation sites is 2. The number of amides is 1. The summed E-state index contributed by atoms with van der Waals surface area (Å²) < 4.78 is 1.49. The first kappa shape index (κ1) is 17.5. The van der Waals surface area contributed by atoms with Crippen LogP contribution in [-0.2, 0) is 0 Å². The second kappa shape index (κ2) is 8.20. The first-order valence-corrected chi connectivity index (χ1v) is 8.53. The zero-order valence-corrected chi connectivity index (χ0v) is 14.7. The third kappa shape index (κ3) is 4.22. The van der Waals surface area contributed by atoms with Gasteiger partial charge in [0, 0.05) is 25.8 Å². The van der Waals surface area contributed by atoms with E-state index in [-0.39, 0.29) is 17.4 Å². The average molecular weight is 350 g/mol. The molecule has 0 bridgehead atoms.